The Morgan fingerprint density at radius 3 is 2.39 bits per heavy atom. The molecule has 4 aliphatic rings. The van der Waals surface area contributed by atoms with Gasteiger partial charge in [0.05, 0.1) is 23.9 Å². The van der Waals surface area contributed by atoms with E-state index in [0.29, 0.717) is 31.6 Å². The zero-order chi connectivity index (χ0) is 26.7. The molecule has 4 fully saturated rings. The van der Waals surface area contributed by atoms with Crippen LogP contribution in [0, 0.1) is 46.3 Å². The average Bonchev–Trinajstić information content (AvgIpc) is 3.06. The van der Waals surface area contributed by atoms with Gasteiger partial charge in [-0.15, -0.1) is 0 Å². The summed E-state index contributed by atoms with van der Waals surface area (Å²) in [6, 6.07) is 0. The molecule has 8 nitrogen and oxygen atoms in total. The zero-order valence-electron chi connectivity index (χ0n) is 22.3. The van der Waals surface area contributed by atoms with Gasteiger partial charge < -0.3 is 20.4 Å². The normalized spacial score (nSPS) is 48.5. The summed E-state index contributed by atoms with van der Waals surface area (Å²) in [6.45, 7) is 8.71. The van der Waals surface area contributed by atoms with Crippen molar-refractivity contribution in [1.82, 2.24) is 0 Å². The summed E-state index contributed by atoms with van der Waals surface area (Å²) >= 11 is 0. The van der Waals surface area contributed by atoms with Crippen LogP contribution in [0.15, 0.2) is 0 Å². The monoisotopic (exact) mass is 532 g/mol. The third-order valence-electron chi connectivity index (χ3n) is 11.5. The highest BCUT2D eigenvalue weighted by Gasteiger charge is 2.69. The first-order valence-electron chi connectivity index (χ1n) is 14.0. The average molecular weight is 533 g/mol. The molecule has 0 amide bonds. The molecule has 210 valence electrons. The Labute approximate surface area is 216 Å². The van der Waals surface area contributed by atoms with E-state index in [1.165, 1.54) is 0 Å². The Kier molecular flexibility index (Phi) is 8.00. The molecule has 0 aromatic carbocycles. The maximum Gasteiger partial charge on any atom is 0.397 e. The van der Waals surface area contributed by atoms with Crippen molar-refractivity contribution >= 4 is 10.4 Å². The zero-order valence-corrected chi connectivity index (χ0v) is 23.2. The fraction of sp³-hybridized carbons (Fsp3) is 1.00. The second kappa shape index (κ2) is 10.0. The van der Waals surface area contributed by atoms with Gasteiger partial charge in [0.1, 0.15) is 0 Å². The van der Waals surface area contributed by atoms with Crippen LogP contribution in [0.25, 0.3) is 0 Å². The quantitative estimate of drug-likeness (QED) is 0.299. The molecule has 4 aliphatic carbocycles. The number of fused-ring (bicyclic) bond motifs is 5. The van der Waals surface area contributed by atoms with E-state index in [1.807, 2.05) is 13.8 Å². The Morgan fingerprint density at radius 1 is 1.06 bits per heavy atom. The lowest BCUT2D eigenvalue weighted by atomic mass is 9.42. The minimum Gasteiger partial charge on any atom is -0.396 e. The summed E-state index contributed by atoms with van der Waals surface area (Å²) in [4.78, 5) is 0. The molecule has 5 N–H and O–H groups in total. The van der Waals surface area contributed by atoms with E-state index in [0.717, 1.165) is 32.1 Å². The van der Waals surface area contributed by atoms with Gasteiger partial charge in [-0.05, 0) is 85.9 Å². The minimum atomic E-state index is -4.65. The molecule has 0 aliphatic heterocycles. The molecule has 0 aromatic rings. The fourth-order valence-electron chi connectivity index (χ4n) is 9.56. The number of rotatable bonds is 8. The van der Waals surface area contributed by atoms with E-state index in [2.05, 4.69) is 13.8 Å². The predicted molar refractivity (Wildman–Crippen MR) is 135 cm³/mol. The Hall–Kier alpha value is -0.290. The topological polar surface area (TPSA) is 145 Å². The second-order valence-electron chi connectivity index (χ2n) is 13.4. The molecule has 4 rings (SSSR count). The Bertz CT molecular complexity index is 896. The van der Waals surface area contributed by atoms with Crippen molar-refractivity contribution in [2.24, 2.45) is 46.3 Å². The van der Waals surface area contributed by atoms with Crippen LogP contribution in [-0.2, 0) is 14.6 Å². The van der Waals surface area contributed by atoms with Crippen molar-refractivity contribution < 1.29 is 37.6 Å². The van der Waals surface area contributed by atoms with E-state index in [4.69, 9.17) is 4.18 Å². The van der Waals surface area contributed by atoms with Gasteiger partial charge in [-0.3, -0.25) is 4.55 Å². The first-order chi connectivity index (χ1) is 16.7. The highest BCUT2D eigenvalue weighted by molar-refractivity contribution is 7.80. The summed E-state index contributed by atoms with van der Waals surface area (Å²) in [5, 5.41) is 42.7. The van der Waals surface area contributed by atoms with Crippen LogP contribution in [0.5, 0.6) is 0 Å². The van der Waals surface area contributed by atoms with E-state index in [9.17, 15) is 33.4 Å². The van der Waals surface area contributed by atoms with E-state index in [1.54, 1.807) is 0 Å². The van der Waals surface area contributed by atoms with E-state index in [-0.39, 0.29) is 48.0 Å². The number of aliphatic hydroxyl groups is 4. The number of aliphatic hydroxyl groups excluding tert-OH is 3. The minimum absolute atomic E-state index is 0.0439. The van der Waals surface area contributed by atoms with Crippen LogP contribution in [0.4, 0.5) is 0 Å². The van der Waals surface area contributed by atoms with Gasteiger partial charge in [0.15, 0.2) is 0 Å². The summed E-state index contributed by atoms with van der Waals surface area (Å²) in [5.74, 6) is 0.651. The molecular weight excluding hydrogens is 484 g/mol. The van der Waals surface area contributed by atoms with Crippen molar-refractivity contribution in [2.75, 3.05) is 6.61 Å². The summed E-state index contributed by atoms with van der Waals surface area (Å²) in [6.07, 6.45) is 4.56. The molecule has 12 atom stereocenters. The Morgan fingerprint density at radius 2 is 1.75 bits per heavy atom. The second-order valence-corrected chi connectivity index (χ2v) is 14.5. The number of hydrogen-bond acceptors (Lipinski definition) is 7. The first kappa shape index (κ1) is 28.7. The van der Waals surface area contributed by atoms with Crippen LogP contribution < -0.4 is 0 Å². The molecular formula is C27H48O8S. The lowest BCUT2D eigenvalue weighted by Crippen LogP contribution is -2.69. The van der Waals surface area contributed by atoms with Crippen LogP contribution in [0.3, 0.4) is 0 Å². The third kappa shape index (κ3) is 4.80. The molecule has 36 heavy (non-hydrogen) atoms. The molecule has 0 aromatic heterocycles. The van der Waals surface area contributed by atoms with Gasteiger partial charge in [-0.25, -0.2) is 4.18 Å². The van der Waals surface area contributed by atoms with Gasteiger partial charge in [-0.2, -0.15) is 8.42 Å². The van der Waals surface area contributed by atoms with Crippen LogP contribution in [0.2, 0.25) is 0 Å². The maximum atomic E-state index is 11.9. The van der Waals surface area contributed by atoms with E-state index >= 15 is 0 Å². The van der Waals surface area contributed by atoms with Crippen molar-refractivity contribution in [2.45, 2.75) is 116 Å². The van der Waals surface area contributed by atoms with Crippen molar-refractivity contribution in [3.63, 3.8) is 0 Å². The smallest absolute Gasteiger partial charge is 0.396 e. The van der Waals surface area contributed by atoms with Gasteiger partial charge in [0.2, 0.25) is 0 Å². The van der Waals surface area contributed by atoms with Crippen molar-refractivity contribution in [1.29, 1.82) is 0 Å². The third-order valence-corrected chi connectivity index (χ3v) is 12.0. The lowest BCUT2D eigenvalue weighted by Gasteiger charge is -2.65. The highest BCUT2D eigenvalue weighted by atomic mass is 32.3. The summed E-state index contributed by atoms with van der Waals surface area (Å²) in [5.41, 5.74) is -2.16. The maximum absolute atomic E-state index is 11.9. The van der Waals surface area contributed by atoms with E-state index < -0.39 is 39.7 Å². The first-order valence-corrected chi connectivity index (χ1v) is 15.4. The van der Waals surface area contributed by atoms with Crippen LogP contribution in [-0.4, -0.2) is 63.9 Å². The molecule has 4 saturated carbocycles. The molecule has 0 spiro atoms. The van der Waals surface area contributed by atoms with Crippen molar-refractivity contribution in [3.05, 3.63) is 0 Å². The molecule has 0 radical (unpaired) electrons. The van der Waals surface area contributed by atoms with Gasteiger partial charge in [0.25, 0.3) is 0 Å². The molecule has 0 heterocycles. The van der Waals surface area contributed by atoms with Gasteiger partial charge in [-0.1, -0.05) is 40.5 Å². The molecule has 9 heteroatoms. The SMILES string of the molecule is C[C@H](CO)CCC[C@@H](C)[C@H]1CC(OS(=O)(=O)O)C2C3C[C@@H](O)[C@@]4(O)C[C@@H](O)CC[C@]4(C)C3CC[C@@]21C. The molecule has 0 saturated heterocycles. The van der Waals surface area contributed by atoms with Gasteiger partial charge in [0, 0.05) is 18.4 Å². The van der Waals surface area contributed by atoms with Gasteiger partial charge >= 0.3 is 10.4 Å². The van der Waals surface area contributed by atoms with Crippen LogP contribution >= 0.6 is 0 Å². The number of hydrogen-bond donors (Lipinski definition) is 5. The summed E-state index contributed by atoms with van der Waals surface area (Å²) < 4.78 is 38.9. The Balaban J connectivity index is 1.64. The highest BCUT2D eigenvalue weighted by Crippen LogP contribution is 2.69. The lowest BCUT2D eigenvalue weighted by molar-refractivity contribution is -0.267. The fourth-order valence-corrected chi connectivity index (χ4v) is 10.1. The van der Waals surface area contributed by atoms with Crippen molar-refractivity contribution in [3.8, 4) is 0 Å². The predicted octanol–water partition coefficient (Wildman–Crippen LogP) is 3.32. The largest absolute Gasteiger partial charge is 0.397 e. The summed E-state index contributed by atoms with van der Waals surface area (Å²) in [7, 11) is -4.65. The van der Waals surface area contributed by atoms with Crippen LogP contribution in [0.1, 0.15) is 91.9 Å². The molecule has 4 unspecified atom stereocenters. The standard InChI is InChI=1S/C27H48O8S/c1-16(15-28)6-5-7-17(2)21-13-22(35-36(32,33)34)24-19-12-23(30)27(31)14-18(29)8-11-26(27,4)20(19)9-10-25(21,24)3/h16-24,28-31H,5-15H2,1-4H3,(H,32,33,34)/t16-,17+,18-,19?,20?,21+,22?,23+,24?,25+,26+,27-/m0/s1. The molecule has 0 bridgehead atoms.